The van der Waals surface area contributed by atoms with Crippen LogP contribution in [0.15, 0.2) is 22.7 Å². The molecule has 5 heteroatoms. The molecule has 0 amide bonds. The molecule has 0 aliphatic carbocycles. The zero-order valence-corrected chi connectivity index (χ0v) is 13.5. The van der Waals surface area contributed by atoms with Crippen LogP contribution in [0.3, 0.4) is 0 Å². The first-order chi connectivity index (χ1) is 8.90. The largest absolute Gasteiger partial charge is 0.598 e. The summed E-state index contributed by atoms with van der Waals surface area (Å²) in [6.45, 7) is 5.13. The molecule has 19 heavy (non-hydrogen) atoms. The highest BCUT2D eigenvalue weighted by Crippen LogP contribution is 2.28. The second-order valence-electron chi connectivity index (χ2n) is 5.17. The molecule has 3 nitrogen and oxygen atoms in total. The van der Waals surface area contributed by atoms with E-state index in [1.165, 1.54) is 11.1 Å². The van der Waals surface area contributed by atoms with Crippen molar-refractivity contribution in [3.63, 3.8) is 0 Å². The smallest absolute Gasteiger partial charge is 0.157 e. The number of hydrogen-bond acceptors (Lipinski definition) is 3. The van der Waals surface area contributed by atoms with Gasteiger partial charge in [-0.25, -0.2) is 0 Å². The molecular formula is C14H18BrNO2S. The van der Waals surface area contributed by atoms with Crippen LogP contribution in [0.2, 0.25) is 0 Å². The standard InChI is InChI=1S/C14H18BrNO2S/c1-14(2,19(16)17)5-3-10-7-12(15)8-11-4-6-18-9-13(10)11/h3,5,7-8H,4,6,9,16H2,1-2H3. The molecule has 0 bridgehead atoms. The maximum atomic E-state index is 11.4. The summed E-state index contributed by atoms with van der Waals surface area (Å²) in [6.07, 6.45) is 4.82. The molecule has 1 atom stereocenters. The van der Waals surface area contributed by atoms with Gasteiger partial charge in [0.15, 0.2) is 4.75 Å². The fourth-order valence-corrected chi connectivity index (χ4v) is 2.70. The van der Waals surface area contributed by atoms with Gasteiger partial charge in [-0.2, -0.15) is 5.14 Å². The highest BCUT2D eigenvalue weighted by atomic mass is 79.9. The molecule has 1 aromatic carbocycles. The van der Waals surface area contributed by atoms with Gasteiger partial charge >= 0.3 is 0 Å². The quantitative estimate of drug-likeness (QED) is 0.858. The predicted octanol–water partition coefficient (Wildman–Crippen LogP) is 2.94. The number of rotatable bonds is 3. The molecular weight excluding hydrogens is 326 g/mol. The molecule has 0 aromatic heterocycles. The van der Waals surface area contributed by atoms with E-state index in [1.54, 1.807) is 0 Å². The van der Waals surface area contributed by atoms with Crippen molar-refractivity contribution in [2.45, 2.75) is 31.6 Å². The van der Waals surface area contributed by atoms with Crippen LogP contribution < -0.4 is 5.14 Å². The third kappa shape index (κ3) is 3.61. The van der Waals surface area contributed by atoms with Crippen molar-refractivity contribution in [1.82, 2.24) is 0 Å². The van der Waals surface area contributed by atoms with Crippen molar-refractivity contribution in [3.05, 3.63) is 39.4 Å². The van der Waals surface area contributed by atoms with Crippen molar-refractivity contribution in [2.24, 2.45) is 5.14 Å². The fourth-order valence-electron chi connectivity index (χ4n) is 1.98. The van der Waals surface area contributed by atoms with Crippen LogP contribution in [0, 0.1) is 0 Å². The van der Waals surface area contributed by atoms with Gasteiger partial charge in [0.2, 0.25) is 0 Å². The van der Waals surface area contributed by atoms with E-state index < -0.39 is 16.1 Å². The molecule has 0 saturated carbocycles. The molecule has 1 aliphatic rings. The molecule has 0 radical (unpaired) electrons. The fraction of sp³-hybridized carbons (Fsp3) is 0.429. The zero-order valence-electron chi connectivity index (χ0n) is 11.1. The molecule has 0 spiro atoms. The van der Waals surface area contributed by atoms with E-state index in [-0.39, 0.29) is 0 Å². The molecule has 0 fully saturated rings. The molecule has 104 valence electrons. The Bertz CT molecular complexity index is 500. The molecule has 2 rings (SSSR count). The number of halogens is 1. The van der Waals surface area contributed by atoms with E-state index in [2.05, 4.69) is 28.1 Å². The van der Waals surface area contributed by atoms with Crippen molar-refractivity contribution in [3.8, 4) is 0 Å². The maximum absolute atomic E-state index is 11.4. The summed E-state index contributed by atoms with van der Waals surface area (Å²) in [5.41, 5.74) is 3.62. The SMILES string of the molecule is CC(C)(C=Cc1cc(Br)cc2c1COCC2)[S+](N)[O-]. The van der Waals surface area contributed by atoms with Crippen LogP contribution >= 0.6 is 15.9 Å². The normalized spacial score (nSPS) is 17.5. The number of fused-ring (bicyclic) bond motifs is 1. The van der Waals surface area contributed by atoms with Crippen molar-refractivity contribution >= 4 is 33.4 Å². The minimum atomic E-state index is -1.39. The third-order valence-electron chi connectivity index (χ3n) is 3.29. The van der Waals surface area contributed by atoms with Crippen molar-refractivity contribution < 1.29 is 9.29 Å². The lowest BCUT2D eigenvalue weighted by Crippen LogP contribution is -2.35. The molecule has 1 heterocycles. The first-order valence-corrected chi connectivity index (χ1v) is 8.15. The average Bonchev–Trinajstić information content (AvgIpc) is 2.35. The van der Waals surface area contributed by atoms with Gasteiger partial charge in [0.25, 0.3) is 0 Å². The van der Waals surface area contributed by atoms with E-state index in [1.807, 2.05) is 26.0 Å². The van der Waals surface area contributed by atoms with E-state index in [9.17, 15) is 4.55 Å². The lowest BCUT2D eigenvalue weighted by Gasteiger charge is -2.22. The van der Waals surface area contributed by atoms with E-state index in [4.69, 9.17) is 9.88 Å². The van der Waals surface area contributed by atoms with E-state index >= 15 is 0 Å². The zero-order chi connectivity index (χ0) is 14.0. The summed E-state index contributed by atoms with van der Waals surface area (Å²) in [5.74, 6) is 0. The number of benzene rings is 1. The van der Waals surface area contributed by atoms with Crippen LogP contribution in [-0.4, -0.2) is 15.9 Å². The maximum Gasteiger partial charge on any atom is 0.157 e. The van der Waals surface area contributed by atoms with Crippen LogP contribution in [0.1, 0.15) is 30.5 Å². The van der Waals surface area contributed by atoms with Crippen LogP contribution in [0.4, 0.5) is 0 Å². The second kappa shape index (κ2) is 5.97. The molecule has 0 saturated heterocycles. The predicted molar refractivity (Wildman–Crippen MR) is 82.9 cm³/mol. The van der Waals surface area contributed by atoms with Gasteiger partial charge < -0.3 is 9.29 Å². The summed E-state index contributed by atoms with van der Waals surface area (Å²) < 4.78 is 17.5. The summed E-state index contributed by atoms with van der Waals surface area (Å²) in [7, 11) is 0. The van der Waals surface area contributed by atoms with Crippen molar-refractivity contribution in [2.75, 3.05) is 6.61 Å². The lowest BCUT2D eigenvalue weighted by atomic mass is 9.97. The highest BCUT2D eigenvalue weighted by Gasteiger charge is 2.26. The van der Waals surface area contributed by atoms with Crippen LogP contribution in [0.25, 0.3) is 6.08 Å². The Labute approximate surface area is 125 Å². The molecule has 1 unspecified atom stereocenters. The van der Waals surface area contributed by atoms with Gasteiger partial charge in [-0.3, -0.25) is 0 Å². The Kier molecular flexibility index (Phi) is 4.74. The Morgan fingerprint density at radius 2 is 2.21 bits per heavy atom. The number of nitrogens with two attached hydrogens (primary N) is 1. The monoisotopic (exact) mass is 343 g/mol. The Balaban J connectivity index is 2.35. The Morgan fingerprint density at radius 3 is 2.89 bits per heavy atom. The first kappa shape index (κ1) is 15.1. The van der Waals surface area contributed by atoms with Crippen molar-refractivity contribution in [1.29, 1.82) is 0 Å². The van der Waals surface area contributed by atoms with E-state index in [0.29, 0.717) is 6.61 Å². The van der Waals surface area contributed by atoms with Crippen LogP contribution in [0.5, 0.6) is 0 Å². The Hall–Kier alpha value is -0.330. The highest BCUT2D eigenvalue weighted by molar-refractivity contribution is 9.10. The summed E-state index contributed by atoms with van der Waals surface area (Å²) >= 11 is 2.14. The summed E-state index contributed by atoms with van der Waals surface area (Å²) in [6, 6.07) is 4.20. The minimum absolute atomic E-state index is 0.537. The lowest BCUT2D eigenvalue weighted by molar-refractivity contribution is 0.110. The summed E-state index contributed by atoms with van der Waals surface area (Å²) in [4.78, 5) is 0. The molecule has 1 aliphatic heterocycles. The average molecular weight is 344 g/mol. The van der Waals surface area contributed by atoms with Gasteiger partial charge in [0, 0.05) is 15.8 Å². The van der Waals surface area contributed by atoms with Gasteiger partial charge in [-0.05, 0) is 55.2 Å². The van der Waals surface area contributed by atoms with Gasteiger partial charge in [-0.1, -0.05) is 22.0 Å². The number of hydrogen-bond donors (Lipinski definition) is 1. The van der Waals surface area contributed by atoms with Crippen LogP contribution in [-0.2, 0) is 29.1 Å². The minimum Gasteiger partial charge on any atom is -0.598 e. The summed E-state index contributed by atoms with van der Waals surface area (Å²) in [5, 5.41) is 5.49. The second-order valence-corrected chi connectivity index (χ2v) is 7.73. The third-order valence-corrected chi connectivity index (χ3v) is 4.92. The van der Waals surface area contributed by atoms with Gasteiger partial charge in [0.05, 0.1) is 13.2 Å². The van der Waals surface area contributed by atoms with E-state index in [0.717, 1.165) is 23.1 Å². The molecule has 2 N–H and O–H groups in total. The molecule has 1 aromatic rings. The Morgan fingerprint density at radius 1 is 1.47 bits per heavy atom. The first-order valence-electron chi connectivity index (χ1n) is 6.15. The topological polar surface area (TPSA) is 58.3 Å². The van der Waals surface area contributed by atoms with Gasteiger partial charge in [-0.15, -0.1) is 0 Å². The van der Waals surface area contributed by atoms with Gasteiger partial charge in [0.1, 0.15) is 0 Å². The number of ether oxygens (including phenoxy) is 1.